The van der Waals surface area contributed by atoms with E-state index < -0.39 is 72.5 Å². The Hall–Kier alpha value is -6.35. The molecule has 3 aromatic rings. The van der Waals surface area contributed by atoms with Crippen LogP contribution in [0.5, 0.6) is 5.75 Å². The van der Waals surface area contributed by atoms with E-state index in [1.165, 1.54) is 9.37 Å². The maximum atomic E-state index is 14.0. The average Bonchev–Trinajstić information content (AvgIpc) is 1.03. The zero-order valence-corrected chi connectivity index (χ0v) is 54.5. The van der Waals surface area contributed by atoms with E-state index in [9.17, 15) is 53.6 Å². The van der Waals surface area contributed by atoms with Gasteiger partial charge in [0.05, 0.1) is 156 Å². The van der Waals surface area contributed by atoms with Crippen molar-refractivity contribution in [3.8, 4) is 16.9 Å². The number of benzene rings is 3. The fourth-order valence-corrected chi connectivity index (χ4v) is 11.2. The number of hydrogen-bond acceptors (Lipinski definition) is 23. The van der Waals surface area contributed by atoms with Crippen LogP contribution in [0.4, 0.5) is 28.0 Å². The minimum absolute atomic E-state index is 0.00821. The molecule has 95 heavy (non-hydrogen) atoms. The number of amides is 3. The molecule has 2 fully saturated rings. The lowest BCUT2D eigenvalue weighted by atomic mass is 9.96. The second kappa shape index (κ2) is 41.7. The molecule has 3 amide bonds. The number of carbonyl (C=O) groups is 4. The van der Waals surface area contributed by atoms with Crippen molar-refractivity contribution in [3.05, 3.63) is 76.9 Å². The lowest BCUT2D eigenvalue weighted by Crippen LogP contribution is -2.53. The highest BCUT2D eigenvalue weighted by molar-refractivity contribution is 7.89. The second-order valence-corrected chi connectivity index (χ2v) is 24.7. The molecule has 0 atom stereocenters. The number of amidine groups is 1. The normalized spacial score (nSPS) is 14.5. The van der Waals surface area contributed by atoms with Crippen molar-refractivity contribution in [2.24, 2.45) is 16.6 Å². The highest BCUT2D eigenvalue weighted by Gasteiger charge is 2.37. The summed E-state index contributed by atoms with van der Waals surface area (Å²) < 4.78 is 179. The summed E-state index contributed by atoms with van der Waals surface area (Å²) in [4.78, 5) is 58.3. The Balaban J connectivity index is 0.681. The molecule has 6 rings (SSSR count). The van der Waals surface area contributed by atoms with Gasteiger partial charge in [-0.2, -0.15) is 21.5 Å². The Morgan fingerprint density at radius 1 is 0.653 bits per heavy atom. The number of aliphatic imine (C=N–C) groups is 1. The summed E-state index contributed by atoms with van der Waals surface area (Å²) in [6.07, 6.45) is 4.18. The number of sulfonamides is 1. The number of fused-ring (bicyclic) bond motifs is 1. The van der Waals surface area contributed by atoms with E-state index in [2.05, 4.69) is 20.4 Å². The van der Waals surface area contributed by atoms with Crippen LogP contribution in [0.1, 0.15) is 57.4 Å². The van der Waals surface area contributed by atoms with Gasteiger partial charge in [0, 0.05) is 62.6 Å². The van der Waals surface area contributed by atoms with Gasteiger partial charge in [-0.15, -0.1) is 0 Å². The molecular formula is C61H84F4N6O22S2. The number of halogens is 4. The summed E-state index contributed by atoms with van der Waals surface area (Å²) >= 11 is 0. The van der Waals surface area contributed by atoms with Crippen LogP contribution in [0, 0.1) is 29.2 Å². The Labute approximate surface area is 549 Å². The average molecular weight is 1390 g/mol. The van der Waals surface area contributed by atoms with Gasteiger partial charge in [0.25, 0.3) is 5.91 Å². The lowest BCUT2D eigenvalue weighted by Gasteiger charge is -2.38. The number of carbonyl (C=O) groups excluding carboxylic acids is 4. The first-order chi connectivity index (χ1) is 45.8. The molecule has 1 aliphatic carbocycles. The third kappa shape index (κ3) is 26.9. The summed E-state index contributed by atoms with van der Waals surface area (Å²) in [7, 11) is -9.49. The fourth-order valence-electron chi connectivity index (χ4n) is 8.94. The van der Waals surface area contributed by atoms with Crippen LogP contribution in [0.25, 0.3) is 17.2 Å². The number of nitrogens with one attached hydrogen (secondary N) is 2. The first-order valence-corrected chi connectivity index (χ1v) is 33.9. The first-order valence-electron chi connectivity index (χ1n) is 31.0. The van der Waals surface area contributed by atoms with Crippen molar-refractivity contribution in [1.29, 1.82) is 0 Å². The van der Waals surface area contributed by atoms with Crippen LogP contribution in [0.3, 0.4) is 0 Å². The maximum absolute atomic E-state index is 14.0. The molecule has 34 heteroatoms. The van der Waals surface area contributed by atoms with E-state index in [-0.39, 0.29) is 113 Å². The monoisotopic (exact) mass is 1390 g/mol. The number of nitrogens with two attached hydrogens (primary N) is 1. The van der Waals surface area contributed by atoms with E-state index in [0.717, 1.165) is 19.3 Å². The fraction of sp³-hybridized carbons (Fsp3) is 0.590. The van der Waals surface area contributed by atoms with Crippen LogP contribution >= 0.6 is 0 Å². The standard InChI is InChI=1S/C61H84F4N6O22S2/c1-2-14-71(91-17-13-67-61(75)92-48-6-4-7-48)60(74)47-36-46-10-9-45(38-50(46)69-51(66)39-47)44-5-3-8-49(37-44)94(76,77)70-41-43(42-70)40-68-52(72)11-15-81-18-20-83-22-24-85-26-28-87-30-32-89-34-35-90-33-31-88-29-27-86-25-23-84-21-19-82-16-12-53(73)93-58-54(62)56(64)59(95(78,79)80)57(65)55(58)63/h3,5,8-10,36-38,43,48H,2,4,6-7,11-35,39-42H2,1H3,(H2,66,69)(H,67,75)(H,68,72)(H,78,79,80). The zero-order chi connectivity index (χ0) is 68.4. The van der Waals surface area contributed by atoms with E-state index in [1.807, 2.05) is 13.0 Å². The number of esters is 1. The summed E-state index contributed by atoms with van der Waals surface area (Å²) in [5, 5.41) is 6.78. The molecule has 0 aromatic heterocycles. The van der Waals surface area contributed by atoms with Crippen LogP contribution in [0.2, 0.25) is 0 Å². The van der Waals surface area contributed by atoms with E-state index in [4.69, 9.17) is 67.2 Å². The number of rotatable bonds is 48. The Bertz CT molecular complexity index is 3210. The third-order valence-corrected chi connectivity index (χ3v) is 16.8. The summed E-state index contributed by atoms with van der Waals surface area (Å²) in [5.41, 5.74) is 9.21. The summed E-state index contributed by atoms with van der Waals surface area (Å²) in [6, 6.07) is 12.1. The number of hydrogen-bond donors (Lipinski definition) is 4. The molecule has 0 radical (unpaired) electrons. The van der Waals surface area contributed by atoms with E-state index in [0.29, 0.717) is 140 Å². The van der Waals surface area contributed by atoms with Gasteiger partial charge in [0.1, 0.15) is 11.9 Å². The van der Waals surface area contributed by atoms with Crippen LogP contribution in [0.15, 0.2) is 62.8 Å². The van der Waals surface area contributed by atoms with Gasteiger partial charge < -0.3 is 73.2 Å². The van der Waals surface area contributed by atoms with Crippen molar-refractivity contribution in [1.82, 2.24) is 20.0 Å². The number of nitrogens with zero attached hydrogens (tertiary/aromatic N) is 3. The second-order valence-electron chi connectivity index (χ2n) is 21.4. The molecule has 0 unspecified atom stereocenters. The highest BCUT2D eigenvalue weighted by atomic mass is 32.2. The molecule has 2 heterocycles. The predicted molar refractivity (Wildman–Crippen MR) is 330 cm³/mol. The molecule has 3 aliphatic rings. The Kier molecular flexibility index (Phi) is 34.1. The molecule has 530 valence electrons. The van der Waals surface area contributed by atoms with Crippen LogP contribution < -0.4 is 21.1 Å². The van der Waals surface area contributed by atoms with E-state index >= 15 is 0 Å². The van der Waals surface area contributed by atoms with E-state index in [1.54, 1.807) is 42.5 Å². The van der Waals surface area contributed by atoms with Gasteiger partial charge in [-0.25, -0.2) is 32.0 Å². The first kappa shape index (κ1) is 77.7. The van der Waals surface area contributed by atoms with Gasteiger partial charge in [-0.05, 0) is 61.1 Å². The lowest BCUT2D eigenvalue weighted by molar-refractivity contribution is -0.181. The largest absolute Gasteiger partial charge is 0.446 e. The minimum atomic E-state index is -5.66. The third-order valence-electron chi connectivity index (χ3n) is 14.1. The number of ether oxygens (including phenoxy) is 12. The van der Waals surface area contributed by atoms with Crippen LogP contribution in [-0.2, 0) is 91.5 Å². The van der Waals surface area contributed by atoms with Gasteiger partial charge in [-0.3, -0.25) is 23.8 Å². The smallest absolute Gasteiger partial charge is 0.407 e. The molecule has 0 spiro atoms. The molecule has 0 bridgehead atoms. The van der Waals surface area contributed by atoms with Crippen LogP contribution in [-0.4, -0.2) is 238 Å². The van der Waals surface area contributed by atoms with Crippen molar-refractivity contribution in [3.63, 3.8) is 0 Å². The molecular weight excluding hydrogens is 1310 g/mol. The van der Waals surface area contributed by atoms with Crippen molar-refractivity contribution in [2.45, 2.75) is 67.8 Å². The Morgan fingerprint density at radius 3 is 1.65 bits per heavy atom. The van der Waals surface area contributed by atoms with Gasteiger partial charge >= 0.3 is 22.2 Å². The van der Waals surface area contributed by atoms with Gasteiger partial charge in [0.15, 0.2) is 16.5 Å². The Morgan fingerprint density at radius 2 is 1.16 bits per heavy atom. The molecule has 5 N–H and O–H groups in total. The summed E-state index contributed by atoms with van der Waals surface area (Å²) in [5.74, 6) is -13.1. The minimum Gasteiger partial charge on any atom is -0.446 e. The van der Waals surface area contributed by atoms with Crippen molar-refractivity contribution < 1.29 is 120 Å². The molecule has 3 aromatic carbocycles. The van der Waals surface area contributed by atoms with Gasteiger partial charge in [0.2, 0.25) is 33.3 Å². The maximum Gasteiger partial charge on any atom is 0.407 e. The molecule has 1 saturated carbocycles. The molecule has 28 nitrogen and oxygen atoms in total. The van der Waals surface area contributed by atoms with Gasteiger partial charge in [-0.1, -0.05) is 31.2 Å². The quantitative estimate of drug-likeness (QED) is 0.0113. The summed E-state index contributed by atoms with van der Waals surface area (Å²) in [6.45, 7) is 8.64. The SMILES string of the molecule is CCCN(OCCNC(=O)OC1CCC1)C(=O)C1=Cc2ccc(-c3cccc(S(=O)(=O)N4CC(CNC(=O)CCOCCOCCOCCOCCOCCOCCOCCOCCOCCOCCC(=O)Oc5c(F)c(F)c(S(=O)(=O)O)c(F)c5F)C4)c3)cc2N=C(N)C1. The van der Waals surface area contributed by atoms with Crippen molar-refractivity contribution in [2.75, 3.05) is 171 Å². The highest BCUT2D eigenvalue weighted by Crippen LogP contribution is 2.35. The number of hydroxylamine groups is 2. The molecule has 2 aliphatic heterocycles. The topological polar surface area (TPSA) is 346 Å². The van der Waals surface area contributed by atoms with Crippen molar-refractivity contribution >= 4 is 61.6 Å². The zero-order valence-electron chi connectivity index (χ0n) is 52.9. The number of alkyl carbamates (subject to hydrolysis) is 1. The predicted octanol–water partition coefficient (Wildman–Crippen LogP) is 4.67. The molecule has 1 saturated heterocycles.